The summed E-state index contributed by atoms with van der Waals surface area (Å²) in [5.74, 6) is 1.65. The Morgan fingerprint density at radius 2 is 1.93 bits per heavy atom. The number of nitrogens with zero attached hydrogens (tertiary/aromatic N) is 2. The first-order valence-corrected chi connectivity index (χ1v) is 14.4. The first kappa shape index (κ1) is 28.3. The van der Waals surface area contributed by atoms with Gasteiger partial charge in [-0.15, -0.1) is 0 Å². The van der Waals surface area contributed by atoms with Gasteiger partial charge < -0.3 is 35.3 Å². The molecule has 1 aliphatic carbocycles. The second-order valence-electron chi connectivity index (χ2n) is 10.9. The summed E-state index contributed by atoms with van der Waals surface area (Å²) in [5.41, 5.74) is 3.23. The average molecular weight is 588 g/mol. The molecule has 2 fully saturated rings. The van der Waals surface area contributed by atoms with Crippen molar-refractivity contribution < 1.29 is 33.7 Å². The minimum absolute atomic E-state index is 0.0135. The Bertz CT molecular complexity index is 1520. The number of rotatable bonds is 10. The number of benzene rings is 2. The molecule has 224 valence electrons. The van der Waals surface area contributed by atoms with Crippen molar-refractivity contribution in [3.8, 4) is 22.6 Å². The molecule has 4 N–H and O–H groups in total. The quantitative estimate of drug-likeness (QED) is 0.256. The standard InChI is InChI=1S/C31H33N5O7/c37-28-18-41-26-9-10-27(34-29(26)35-28)36-17-25(43-31(36)40)11-12-32-16-19-3-1-4-20(13-19)21-5-2-6-23(14-21)42-24-8-7-22(15-24)33-30(38)39/h1-6,9-10,13-14,22,24-25,32-33H,7-8,11-12,15-18H2,(H,38,39)(H,34,35,37)/t22-,24-,25?/m1/s1. The number of hydrogen-bond donors (Lipinski definition) is 4. The van der Waals surface area contributed by atoms with Crippen LogP contribution in [0.4, 0.5) is 21.2 Å². The highest BCUT2D eigenvalue weighted by Crippen LogP contribution is 2.31. The van der Waals surface area contributed by atoms with E-state index >= 15 is 0 Å². The normalized spacial score (nSPS) is 21.0. The van der Waals surface area contributed by atoms with Crippen molar-refractivity contribution in [2.45, 2.75) is 50.5 Å². The van der Waals surface area contributed by atoms with Gasteiger partial charge in [-0.2, -0.15) is 0 Å². The van der Waals surface area contributed by atoms with Crippen LogP contribution in [0.15, 0.2) is 60.7 Å². The highest BCUT2D eigenvalue weighted by molar-refractivity contribution is 5.95. The lowest BCUT2D eigenvalue weighted by Gasteiger charge is -2.19. The number of fused-ring (bicyclic) bond motifs is 1. The third-order valence-corrected chi connectivity index (χ3v) is 7.69. The van der Waals surface area contributed by atoms with Crippen LogP contribution in [0.25, 0.3) is 11.1 Å². The largest absolute Gasteiger partial charge is 0.490 e. The van der Waals surface area contributed by atoms with Gasteiger partial charge in [-0.25, -0.2) is 14.6 Å². The molecule has 2 aromatic carbocycles. The van der Waals surface area contributed by atoms with Gasteiger partial charge in [0.15, 0.2) is 18.2 Å². The molecule has 0 bridgehead atoms. The van der Waals surface area contributed by atoms with E-state index in [1.54, 1.807) is 12.1 Å². The fourth-order valence-electron chi connectivity index (χ4n) is 5.61. The summed E-state index contributed by atoms with van der Waals surface area (Å²) in [5, 5.41) is 17.6. The Morgan fingerprint density at radius 3 is 2.79 bits per heavy atom. The summed E-state index contributed by atoms with van der Waals surface area (Å²) in [6, 6.07) is 19.5. The van der Waals surface area contributed by atoms with Gasteiger partial charge in [0.2, 0.25) is 0 Å². The second-order valence-corrected chi connectivity index (χ2v) is 10.9. The Morgan fingerprint density at radius 1 is 1.09 bits per heavy atom. The molecule has 12 heteroatoms. The summed E-state index contributed by atoms with van der Waals surface area (Å²) >= 11 is 0. The van der Waals surface area contributed by atoms with E-state index in [4.69, 9.17) is 19.3 Å². The van der Waals surface area contributed by atoms with Crippen LogP contribution in [0.2, 0.25) is 0 Å². The van der Waals surface area contributed by atoms with Gasteiger partial charge in [-0.3, -0.25) is 9.69 Å². The highest BCUT2D eigenvalue weighted by Gasteiger charge is 2.33. The van der Waals surface area contributed by atoms with Gasteiger partial charge in [-0.05, 0) is 72.8 Å². The molecule has 1 aromatic heterocycles. The third kappa shape index (κ3) is 6.97. The molecular formula is C31H33N5O7. The van der Waals surface area contributed by atoms with E-state index in [1.807, 2.05) is 30.3 Å². The lowest BCUT2D eigenvalue weighted by atomic mass is 10.0. The van der Waals surface area contributed by atoms with Crippen molar-refractivity contribution in [2.24, 2.45) is 0 Å². The van der Waals surface area contributed by atoms with Crippen LogP contribution in [0, 0.1) is 0 Å². The van der Waals surface area contributed by atoms with Gasteiger partial charge in [-0.1, -0.05) is 30.3 Å². The Balaban J connectivity index is 0.983. The molecule has 3 aliphatic rings. The monoisotopic (exact) mass is 587 g/mol. The smallest absolute Gasteiger partial charge is 0.415 e. The number of cyclic esters (lactones) is 1. The molecule has 0 radical (unpaired) electrons. The topological polar surface area (TPSA) is 151 Å². The molecule has 1 saturated carbocycles. The fourth-order valence-corrected chi connectivity index (χ4v) is 5.61. The molecule has 3 aromatic rings. The zero-order valence-electron chi connectivity index (χ0n) is 23.5. The van der Waals surface area contributed by atoms with Crippen LogP contribution < -0.4 is 30.3 Å². The molecule has 1 unspecified atom stereocenters. The van der Waals surface area contributed by atoms with Crippen LogP contribution in [0.3, 0.4) is 0 Å². The van der Waals surface area contributed by atoms with Crippen molar-refractivity contribution in [2.75, 3.05) is 29.9 Å². The summed E-state index contributed by atoms with van der Waals surface area (Å²) in [6.07, 6.45) is 1.12. The predicted molar refractivity (Wildman–Crippen MR) is 157 cm³/mol. The van der Waals surface area contributed by atoms with Gasteiger partial charge in [0.1, 0.15) is 23.8 Å². The Kier molecular flexibility index (Phi) is 8.27. The maximum atomic E-state index is 12.5. The molecule has 3 heterocycles. The van der Waals surface area contributed by atoms with Gasteiger partial charge in [0.05, 0.1) is 6.54 Å². The van der Waals surface area contributed by atoms with Crippen molar-refractivity contribution in [3.05, 3.63) is 66.2 Å². The van der Waals surface area contributed by atoms with E-state index in [1.165, 1.54) is 4.90 Å². The van der Waals surface area contributed by atoms with E-state index in [0.29, 0.717) is 49.9 Å². The number of anilines is 2. The first-order chi connectivity index (χ1) is 20.9. The Labute approximate surface area is 248 Å². The van der Waals surface area contributed by atoms with Crippen LogP contribution in [-0.4, -0.2) is 66.1 Å². The number of carbonyl (C=O) groups is 3. The number of carbonyl (C=O) groups excluding carboxylic acids is 2. The predicted octanol–water partition coefficient (Wildman–Crippen LogP) is 4.15. The fraction of sp³-hybridized carbons (Fsp3) is 0.355. The third-order valence-electron chi connectivity index (χ3n) is 7.69. The van der Waals surface area contributed by atoms with Crippen LogP contribution in [-0.2, 0) is 16.1 Å². The zero-order chi connectivity index (χ0) is 29.8. The number of nitrogens with one attached hydrogen (secondary N) is 3. The van der Waals surface area contributed by atoms with E-state index in [-0.39, 0.29) is 30.8 Å². The average Bonchev–Trinajstić information content (AvgIpc) is 3.60. The summed E-state index contributed by atoms with van der Waals surface area (Å²) < 4.78 is 17.1. The van der Waals surface area contributed by atoms with Crippen LogP contribution in [0.5, 0.6) is 11.5 Å². The van der Waals surface area contributed by atoms with E-state index < -0.39 is 12.2 Å². The second kappa shape index (κ2) is 12.6. The summed E-state index contributed by atoms with van der Waals surface area (Å²) in [6.45, 7) is 1.62. The van der Waals surface area contributed by atoms with Crippen LogP contribution >= 0.6 is 0 Å². The summed E-state index contributed by atoms with van der Waals surface area (Å²) in [7, 11) is 0. The number of pyridine rings is 1. The minimum atomic E-state index is -0.997. The van der Waals surface area contributed by atoms with Gasteiger partial charge in [0.25, 0.3) is 5.91 Å². The SMILES string of the molecule is O=C(O)N[C@@H]1CC[C@@H](Oc2cccc(-c3cccc(CNCCC4CN(c5ccc6c(n5)NC(=O)CO6)C(=O)O4)c3)c2)C1. The summed E-state index contributed by atoms with van der Waals surface area (Å²) in [4.78, 5) is 40.9. The number of amides is 3. The number of carboxylic acid groups (broad SMARTS) is 1. The van der Waals surface area contributed by atoms with E-state index in [2.05, 4.69) is 39.1 Å². The number of ether oxygens (including phenoxy) is 3. The van der Waals surface area contributed by atoms with Crippen molar-refractivity contribution in [1.82, 2.24) is 15.6 Å². The zero-order valence-corrected chi connectivity index (χ0v) is 23.5. The molecule has 6 rings (SSSR count). The molecule has 1 saturated heterocycles. The van der Waals surface area contributed by atoms with E-state index in [0.717, 1.165) is 35.3 Å². The van der Waals surface area contributed by atoms with Crippen molar-refractivity contribution in [1.29, 1.82) is 0 Å². The van der Waals surface area contributed by atoms with Crippen molar-refractivity contribution in [3.63, 3.8) is 0 Å². The molecule has 12 nitrogen and oxygen atoms in total. The maximum absolute atomic E-state index is 12.5. The molecule has 43 heavy (non-hydrogen) atoms. The number of aromatic nitrogens is 1. The van der Waals surface area contributed by atoms with Gasteiger partial charge in [0, 0.05) is 19.0 Å². The van der Waals surface area contributed by atoms with Crippen molar-refractivity contribution >= 4 is 29.7 Å². The molecule has 0 spiro atoms. The molecular weight excluding hydrogens is 554 g/mol. The first-order valence-electron chi connectivity index (χ1n) is 14.4. The lowest BCUT2D eigenvalue weighted by Crippen LogP contribution is -2.32. The van der Waals surface area contributed by atoms with Crippen LogP contribution in [0.1, 0.15) is 31.2 Å². The molecule has 3 atom stereocenters. The van der Waals surface area contributed by atoms with E-state index in [9.17, 15) is 14.4 Å². The highest BCUT2D eigenvalue weighted by atomic mass is 16.6. The number of hydrogen-bond acceptors (Lipinski definition) is 8. The van der Waals surface area contributed by atoms with Gasteiger partial charge >= 0.3 is 12.2 Å². The Hall–Kier alpha value is -4.84. The molecule has 3 amide bonds. The lowest BCUT2D eigenvalue weighted by molar-refractivity contribution is -0.118. The molecule has 2 aliphatic heterocycles. The maximum Gasteiger partial charge on any atom is 0.415 e. The minimum Gasteiger partial charge on any atom is -0.490 e.